The molecule has 5 heteroatoms. The van der Waals surface area contributed by atoms with Gasteiger partial charge in [-0.1, -0.05) is 32.9 Å². The van der Waals surface area contributed by atoms with Gasteiger partial charge in [-0.2, -0.15) is 0 Å². The number of carbonyl (C=O) groups is 1. The largest absolute Gasteiger partial charge is 0.476 e. The van der Waals surface area contributed by atoms with Crippen LogP contribution in [0.4, 0.5) is 0 Å². The molecule has 0 saturated heterocycles. The van der Waals surface area contributed by atoms with Crippen LogP contribution in [-0.4, -0.2) is 26.1 Å². The molecule has 1 rings (SSSR count). The van der Waals surface area contributed by atoms with Crippen LogP contribution in [-0.2, 0) is 0 Å². The first-order valence-corrected chi connectivity index (χ1v) is 5.54. The molecular formula is C11H19N3O2. The lowest BCUT2D eigenvalue weighted by Gasteiger charge is -2.19. The number of nitrogens with zero attached hydrogens (tertiary/aromatic N) is 3. The van der Waals surface area contributed by atoms with E-state index in [2.05, 4.69) is 24.2 Å². The molecule has 1 N–H and O–H groups in total. The van der Waals surface area contributed by atoms with Crippen LogP contribution in [0.3, 0.4) is 0 Å². The van der Waals surface area contributed by atoms with Gasteiger partial charge >= 0.3 is 5.97 Å². The third-order valence-corrected chi connectivity index (χ3v) is 2.83. The average Bonchev–Trinajstić information content (AvgIpc) is 2.60. The van der Waals surface area contributed by atoms with Gasteiger partial charge in [0.25, 0.3) is 0 Å². The number of aromatic carboxylic acids is 1. The van der Waals surface area contributed by atoms with Crippen LogP contribution >= 0.6 is 0 Å². The Kier molecular flexibility index (Phi) is 3.67. The number of hydrogen-bond acceptors (Lipinski definition) is 3. The average molecular weight is 225 g/mol. The van der Waals surface area contributed by atoms with Crippen molar-refractivity contribution in [3.8, 4) is 0 Å². The van der Waals surface area contributed by atoms with Gasteiger partial charge in [-0.25, -0.2) is 9.48 Å². The first-order valence-electron chi connectivity index (χ1n) is 5.54. The fourth-order valence-electron chi connectivity index (χ4n) is 1.57. The molecule has 90 valence electrons. The molecule has 1 atom stereocenters. The van der Waals surface area contributed by atoms with Crippen LogP contribution in [0.15, 0.2) is 0 Å². The lowest BCUT2D eigenvalue weighted by atomic mass is 10.0. The van der Waals surface area contributed by atoms with Crippen molar-refractivity contribution in [1.29, 1.82) is 0 Å². The second-order valence-corrected chi connectivity index (χ2v) is 4.71. The standard InChI is InChI=1S/C11H19N3O2/c1-6(2)8(5)14-10(7(3)4)9(11(15)16)12-13-14/h6-8H,1-5H3,(H,15,16). The highest BCUT2D eigenvalue weighted by Crippen LogP contribution is 2.24. The maximum absolute atomic E-state index is 11.0. The number of rotatable bonds is 4. The van der Waals surface area contributed by atoms with Gasteiger partial charge in [-0.05, 0) is 18.8 Å². The summed E-state index contributed by atoms with van der Waals surface area (Å²) in [5.74, 6) is -0.519. The summed E-state index contributed by atoms with van der Waals surface area (Å²) in [6.07, 6.45) is 0. The predicted octanol–water partition coefficient (Wildman–Crippen LogP) is 2.32. The SMILES string of the molecule is CC(C)c1c(C(=O)O)nnn1C(C)C(C)C. The summed E-state index contributed by atoms with van der Waals surface area (Å²) in [7, 11) is 0. The zero-order valence-electron chi connectivity index (χ0n) is 10.4. The molecule has 0 aliphatic heterocycles. The highest BCUT2D eigenvalue weighted by molar-refractivity contribution is 5.86. The van der Waals surface area contributed by atoms with Crippen molar-refractivity contribution in [3.63, 3.8) is 0 Å². The number of carboxylic acid groups (broad SMARTS) is 1. The van der Waals surface area contributed by atoms with Gasteiger partial charge in [0.2, 0.25) is 0 Å². The maximum atomic E-state index is 11.0. The Balaban J connectivity index is 3.25. The van der Waals surface area contributed by atoms with E-state index in [-0.39, 0.29) is 17.7 Å². The Hall–Kier alpha value is -1.39. The van der Waals surface area contributed by atoms with Crippen molar-refractivity contribution < 1.29 is 9.90 Å². The van der Waals surface area contributed by atoms with E-state index in [0.717, 1.165) is 0 Å². The molecule has 1 aromatic rings. The summed E-state index contributed by atoms with van der Waals surface area (Å²) >= 11 is 0. The van der Waals surface area contributed by atoms with Gasteiger partial charge in [0, 0.05) is 0 Å². The summed E-state index contributed by atoms with van der Waals surface area (Å²) in [5.41, 5.74) is 0.774. The third-order valence-electron chi connectivity index (χ3n) is 2.83. The molecule has 0 aliphatic rings. The fraction of sp³-hybridized carbons (Fsp3) is 0.727. The van der Waals surface area contributed by atoms with Crippen molar-refractivity contribution in [1.82, 2.24) is 15.0 Å². The summed E-state index contributed by atoms with van der Waals surface area (Å²) in [6.45, 7) is 10.1. The van der Waals surface area contributed by atoms with Crippen LogP contribution in [0.5, 0.6) is 0 Å². The number of hydrogen-bond donors (Lipinski definition) is 1. The van der Waals surface area contributed by atoms with E-state index in [9.17, 15) is 4.79 Å². The molecule has 1 aromatic heterocycles. The van der Waals surface area contributed by atoms with Crippen molar-refractivity contribution in [2.75, 3.05) is 0 Å². The molecule has 16 heavy (non-hydrogen) atoms. The van der Waals surface area contributed by atoms with Crippen LogP contribution in [0.2, 0.25) is 0 Å². The van der Waals surface area contributed by atoms with E-state index in [1.807, 2.05) is 20.8 Å². The summed E-state index contributed by atoms with van der Waals surface area (Å²) in [6, 6.07) is 0.151. The molecule has 0 aromatic carbocycles. The molecule has 0 radical (unpaired) electrons. The Bertz CT molecular complexity index is 383. The smallest absolute Gasteiger partial charge is 0.358 e. The molecule has 0 spiro atoms. The van der Waals surface area contributed by atoms with Crippen molar-refractivity contribution >= 4 is 5.97 Å². The number of aromatic nitrogens is 3. The summed E-state index contributed by atoms with van der Waals surface area (Å²) in [4.78, 5) is 11.0. The van der Waals surface area contributed by atoms with Gasteiger partial charge in [0.15, 0.2) is 5.69 Å². The van der Waals surface area contributed by atoms with E-state index < -0.39 is 5.97 Å². The van der Waals surface area contributed by atoms with Gasteiger partial charge < -0.3 is 5.11 Å². The monoisotopic (exact) mass is 225 g/mol. The van der Waals surface area contributed by atoms with Gasteiger partial charge in [-0.3, -0.25) is 0 Å². The summed E-state index contributed by atoms with van der Waals surface area (Å²) in [5, 5.41) is 16.8. The first kappa shape index (κ1) is 12.7. The van der Waals surface area contributed by atoms with Gasteiger partial charge in [0.1, 0.15) is 0 Å². The van der Waals surface area contributed by atoms with E-state index in [0.29, 0.717) is 11.6 Å². The summed E-state index contributed by atoms with van der Waals surface area (Å²) < 4.78 is 1.73. The first-order chi connectivity index (χ1) is 7.36. The molecule has 0 fully saturated rings. The number of carboxylic acids is 1. The zero-order valence-corrected chi connectivity index (χ0v) is 10.4. The third kappa shape index (κ3) is 2.23. The molecule has 0 bridgehead atoms. The van der Waals surface area contributed by atoms with Gasteiger partial charge in [-0.15, -0.1) is 5.10 Å². The Labute approximate surface area is 95.5 Å². The quantitative estimate of drug-likeness (QED) is 0.853. The molecule has 0 saturated carbocycles. The molecule has 0 aliphatic carbocycles. The highest BCUT2D eigenvalue weighted by Gasteiger charge is 2.24. The normalized spacial score (nSPS) is 13.4. The molecule has 1 heterocycles. The Morgan fingerprint density at radius 1 is 1.25 bits per heavy atom. The van der Waals surface area contributed by atoms with E-state index >= 15 is 0 Å². The minimum atomic E-state index is -1.01. The van der Waals surface area contributed by atoms with Gasteiger partial charge in [0.05, 0.1) is 11.7 Å². The Morgan fingerprint density at radius 2 is 1.81 bits per heavy atom. The topological polar surface area (TPSA) is 68.0 Å². The zero-order chi connectivity index (χ0) is 12.5. The lowest BCUT2D eigenvalue weighted by molar-refractivity contribution is 0.0688. The van der Waals surface area contributed by atoms with Crippen LogP contribution in [0.1, 0.15) is 62.8 Å². The van der Waals surface area contributed by atoms with Crippen LogP contribution in [0, 0.1) is 5.92 Å². The van der Waals surface area contributed by atoms with Crippen molar-refractivity contribution in [2.45, 2.75) is 46.6 Å². The maximum Gasteiger partial charge on any atom is 0.358 e. The van der Waals surface area contributed by atoms with E-state index in [4.69, 9.17) is 5.11 Å². The molecule has 1 unspecified atom stereocenters. The van der Waals surface area contributed by atoms with E-state index in [1.165, 1.54) is 0 Å². The highest BCUT2D eigenvalue weighted by atomic mass is 16.4. The van der Waals surface area contributed by atoms with Crippen LogP contribution in [0.25, 0.3) is 0 Å². The fourth-order valence-corrected chi connectivity index (χ4v) is 1.57. The molecule has 0 amide bonds. The minimum absolute atomic E-state index is 0.0718. The predicted molar refractivity (Wildman–Crippen MR) is 60.6 cm³/mol. The second-order valence-electron chi connectivity index (χ2n) is 4.71. The molecular weight excluding hydrogens is 206 g/mol. The van der Waals surface area contributed by atoms with Crippen molar-refractivity contribution in [2.24, 2.45) is 5.92 Å². The Morgan fingerprint density at radius 3 is 2.19 bits per heavy atom. The second kappa shape index (κ2) is 4.63. The van der Waals surface area contributed by atoms with E-state index in [1.54, 1.807) is 4.68 Å². The van der Waals surface area contributed by atoms with Crippen molar-refractivity contribution in [3.05, 3.63) is 11.4 Å². The minimum Gasteiger partial charge on any atom is -0.476 e. The lowest BCUT2D eigenvalue weighted by Crippen LogP contribution is -2.17. The molecule has 5 nitrogen and oxygen atoms in total. The van der Waals surface area contributed by atoms with Crippen LogP contribution < -0.4 is 0 Å².